The van der Waals surface area contributed by atoms with Crippen LogP contribution in [0.3, 0.4) is 0 Å². The maximum atomic E-state index is 10.5. The van der Waals surface area contributed by atoms with Gasteiger partial charge in [-0.25, -0.2) is 0 Å². The summed E-state index contributed by atoms with van der Waals surface area (Å²) in [6.45, 7) is 7.98. The molecule has 0 amide bonds. The Labute approximate surface area is 118 Å². The first-order valence-corrected chi connectivity index (χ1v) is 6.73. The number of hydrogen-bond donors (Lipinski definition) is 1. The van der Waals surface area contributed by atoms with E-state index in [1.807, 2.05) is 39.8 Å². The van der Waals surface area contributed by atoms with Gasteiger partial charge in [0.05, 0.1) is 11.2 Å². The predicted octanol–water partition coefficient (Wildman–Crippen LogP) is 2.24. The fraction of sp³-hybridized carbons (Fsp3) is 0.400. The second kappa shape index (κ2) is 4.20. The molecule has 1 aromatic carbocycles. The van der Waals surface area contributed by atoms with Gasteiger partial charge in [-0.3, -0.25) is 4.98 Å². The van der Waals surface area contributed by atoms with E-state index in [1.165, 1.54) is 0 Å². The lowest BCUT2D eigenvalue weighted by Crippen LogP contribution is -2.41. The molecule has 0 aliphatic carbocycles. The molecule has 2 aromatic rings. The number of aromatic nitrogens is 1. The number of hydrogen-bond acceptors (Lipinski definition) is 4. The zero-order chi connectivity index (χ0) is 14.5. The van der Waals surface area contributed by atoms with Crippen LogP contribution in [-0.4, -0.2) is 28.4 Å². The average molecular weight is 271 g/mol. The van der Waals surface area contributed by atoms with E-state index in [0.717, 1.165) is 10.8 Å². The number of pyridine rings is 1. The molecule has 3 rings (SSSR count). The molecular formula is C15H18BNO3. The van der Waals surface area contributed by atoms with Crippen molar-refractivity contribution in [2.45, 2.75) is 38.9 Å². The van der Waals surface area contributed by atoms with E-state index in [1.54, 1.807) is 18.5 Å². The van der Waals surface area contributed by atoms with Gasteiger partial charge in [-0.2, -0.15) is 0 Å². The van der Waals surface area contributed by atoms with E-state index in [0.29, 0.717) is 5.46 Å². The normalized spacial score (nSPS) is 20.5. The molecule has 1 fully saturated rings. The van der Waals surface area contributed by atoms with Gasteiger partial charge < -0.3 is 14.4 Å². The van der Waals surface area contributed by atoms with E-state index < -0.39 is 18.3 Å². The first-order chi connectivity index (χ1) is 9.32. The van der Waals surface area contributed by atoms with Crippen molar-refractivity contribution in [1.29, 1.82) is 0 Å². The molecule has 1 aliphatic heterocycles. The highest BCUT2D eigenvalue weighted by molar-refractivity contribution is 6.63. The van der Waals surface area contributed by atoms with Crippen molar-refractivity contribution in [3.63, 3.8) is 0 Å². The Bertz CT molecular complexity index is 653. The average Bonchev–Trinajstić information content (AvgIpc) is 2.59. The molecule has 0 radical (unpaired) electrons. The summed E-state index contributed by atoms with van der Waals surface area (Å²) in [5, 5.41) is 12.1. The number of fused-ring (bicyclic) bond motifs is 1. The van der Waals surface area contributed by atoms with Gasteiger partial charge >= 0.3 is 7.12 Å². The molecule has 1 aromatic heterocycles. The van der Waals surface area contributed by atoms with Crippen molar-refractivity contribution in [2.24, 2.45) is 0 Å². The minimum absolute atomic E-state index is 0.198. The number of aromatic hydroxyl groups is 1. The van der Waals surface area contributed by atoms with Crippen molar-refractivity contribution < 1.29 is 14.4 Å². The topological polar surface area (TPSA) is 51.6 Å². The van der Waals surface area contributed by atoms with Crippen LogP contribution in [0.5, 0.6) is 5.75 Å². The highest BCUT2D eigenvalue weighted by Gasteiger charge is 2.52. The quantitative estimate of drug-likeness (QED) is 0.808. The number of benzene rings is 1. The Morgan fingerprint density at radius 2 is 1.70 bits per heavy atom. The third-order valence-electron chi connectivity index (χ3n) is 4.33. The minimum atomic E-state index is -0.558. The molecule has 104 valence electrons. The third-order valence-corrected chi connectivity index (χ3v) is 4.33. The number of rotatable bonds is 1. The van der Waals surface area contributed by atoms with Crippen LogP contribution >= 0.6 is 0 Å². The summed E-state index contributed by atoms with van der Waals surface area (Å²) in [5.41, 5.74) is -0.184. The summed E-state index contributed by atoms with van der Waals surface area (Å²) in [6, 6.07) is 5.54. The monoisotopic (exact) mass is 271 g/mol. The van der Waals surface area contributed by atoms with Crippen LogP contribution in [0.4, 0.5) is 0 Å². The van der Waals surface area contributed by atoms with Crippen molar-refractivity contribution in [3.8, 4) is 5.75 Å². The largest absolute Gasteiger partial charge is 0.508 e. The first-order valence-electron chi connectivity index (χ1n) is 6.73. The van der Waals surface area contributed by atoms with E-state index in [9.17, 15) is 5.11 Å². The number of phenolic OH excluding ortho intramolecular Hbond substituents is 1. The van der Waals surface area contributed by atoms with Crippen LogP contribution in [0.2, 0.25) is 0 Å². The van der Waals surface area contributed by atoms with Gasteiger partial charge in [0.1, 0.15) is 5.75 Å². The van der Waals surface area contributed by atoms with Gasteiger partial charge in [0.15, 0.2) is 0 Å². The van der Waals surface area contributed by atoms with Crippen LogP contribution in [0.25, 0.3) is 10.8 Å². The SMILES string of the molecule is CC1(C)OB(c2ccc3cnccc3c2O)OC1(C)C. The Morgan fingerprint density at radius 1 is 1.05 bits per heavy atom. The summed E-state index contributed by atoms with van der Waals surface area (Å²) in [6.07, 6.45) is 3.39. The van der Waals surface area contributed by atoms with Crippen LogP contribution in [0.1, 0.15) is 27.7 Å². The zero-order valence-corrected chi connectivity index (χ0v) is 12.2. The third kappa shape index (κ3) is 1.89. The summed E-state index contributed by atoms with van der Waals surface area (Å²) < 4.78 is 12.0. The smallest absolute Gasteiger partial charge is 0.498 e. The standard InChI is InChI=1S/C15H18BNO3/c1-14(2)15(3,4)20-16(19-14)12-6-5-10-9-17-8-7-11(10)13(12)18/h5-9,18H,1-4H3. The fourth-order valence-corrected chi connectivity index (χ4v) is 2.33. The van der Waals surface area contributed by atoms with Crippen molar-refractivity contribution >= 4 is 23.4 Å². The van der Waals surface area contributed by atoms with E-state index in [2.05, 4.69) is 4.98 Å². The summed E-state index contributed by atoms with van der Waals surface area (Å²) in [5.74, 6) is 0.198. The number of nitrogens with zero attached hydrogens (tertiary/aromatic N) is 1. The summed E-state index contributed by atoms with van der Waals surface area (Å²) >= 11 is 0. The maximum Gasteiger partial charge on any atom is 0.498 e. The Hall–Kier alpha value is -1.59. The molecule has 1 saturated heterocycles. The van der Waals surface area contributed by atoms with Gasteiger partial charge in [-0.1, -0.05) is 12.1 Å². The van der Waals surface area contributed by atoms with Gasteiger partial charge in [0.2, 0.25) is 0 Å². The molecule has 1 N–H and O–H groups in total. The first kappa shape index (κ1) is 13.4. The predicted molar refractivity (Wildman–Crippen MR) is 79.1 cm³/mol. The van der Waals surface area contributed by atoms with Crippen molar-refractivity contribution in [1.82, 2.24) is 4.98 Å². The highest BCUT2D eigenvalue weighted by atomic mass is 16.7. The van der Waals surface area contributed by atoms with Crippen LogP contribution in [0.15, 0.2) is 30.6 Å². The summed E-state index contributed by atoms with van der Waals surface area (Å²) in [4.78, 5) is 4.05. The second-order valence-corrected chi connectivity index (χ2v) is 6.19. The van der Waals surface area contributed by atoms with Crippen molar-refractivity contribution in [2.75, 3.05) is 0 Å². The van der Waals surface area contributed by atoms with Crippen molar-refractivity contribution in [3.05, 3.63) is 30.6 Å². The summed E-state index contributed by atoms with van der Waals surface area (Å²) in [7, 11) is -0.558. The fourth-order valence-electron chi connectivity index (χ4n) is 2.33. The molecule has 5 heteroatoms. The molecule has 0 atom stereocenters. The highest BCUT2D eigenvalue weighted by Crippen LogP contribution is 2.37. The van der Waals surface area contributed by atoms with Gasteiger partial charge in [-0.15, -0.1) is 0 Å². The molecule has 2 heterocycles. The van der Waals surface area contributed by atoms with Crippen LogP contribution in [0, 0.1) is 0 Å². The molecule has 0 saturated carbocycles. The van der Waals surface area contributed by atoms with Gasteiger partial charge in [-0.05, 0) is 33.8 Å². The molecule has 1 aliphatic rings. The molecule has 0 unspecified atom stereocenters. The van der Waals surface area contributed by atoms with E-state index in [-0.39, 0.29) is 5.75 Å². The Morgan fingerprint density at radius 3 is 2.35 bits per heavy atom. The zero-order valence-electron chi connectivity index (χ0n) is 12.2. The Balaban J connectivity index is 2.06. The molecule has 0 spiro atoms. The number of phenols is 1. The van der Waals surface area contributed by atoms with Crippen LogP contribution in [-0.2, 0) is 9.31 Å². The molecule has 0 bridgehead atoms. The molecule has 20 heavy (non-hydrogen) atoms. The maximum absolute atomic E-state index is 10.5. The van der Waals surface area contributed by atoms with Gasteiger partial charge in [0, 0.05) is 28.6 Å². The minimum Gasteiger partial charge on any atom is -0.508 e. The van der Waals surface area contributed by atoms with E-state index >= 15 is 0 Å². The Kier molecular flexibility index (Phi) is 2.82. The molecular weight excluding hydrogens is 253 g/mol. The van der Waals surface area contributed by atoms with E-state index in [4.69, 9.17) is 9.31 Å². The van der Waals surface area contributed by atoms with Crippen LogP contribution < -0.4 is 5.46 Å². The molecule has 4 nitrogen and oxygen atoms in total. The lowest BCUT2D eigenvalue weighted by molar-refractivity contribution is 0.00578. The second-order valence-electron chi connectivity index (χ2n) is 6.19. The van der Waals surface area contributed by atoms with Gasteiger partial charge in [0.25, 0.3) is 0 Å². The lowest BCUT2D eigenvalue weighted by Gasteiger charge is -2.32. The lowest BCUT2D eigenvalue weighted by atomic mass is 9.77.